The second-order valence-electron chi connectivity index (χ2n) is 4.54. The fraction of sp³-hybridized carbons (Fsp3) is 0.846. The van der Waals surface area contributed by atoms with E-state index in [0.717, 1.165) is 19.3 Å². The van der Waals surface area contributed by atoms with Crippen molar-refractivity contribution in [2.24, 2.45) is 11.8 Å². The maximum Gasteiger partial charge on any atom is 0.117 e. The molecule has 2 nitrogen and oxygen atoms in total. The quantitative estimate of drug-likeness (QED) is 0.686. The Hall–Kier alpha value is -0.520. The Bertz CT molecular complexity index is 212. The van der Waals surface area contributed by atoms with Crippen molar-refractivity contribution in [2.45, 2.75) is 59.2 Å². The smallest absolute Gasteiger partial charge is 0.117 e. The monoisotopic (exact) mass is 212 g/mol. The molecule has 88 valence electrons. The summed E-state index contributed by atoms with van der Waals surface area (Å²) in [5.41, 5.74) is 0. The van der Waals surface area contributed by atoms with E-state index in [1.807, 2.05) is 20.8 Å². The maximum atomic E-state index is 9.69. The van der Waals surface area contributed by atoms with E-state index in [1.165, 1.54) is 0 Å². The molecule has 3 unspecified atom stereocenters. The minimum atomic E-state index is -0.627. The molecule has 0 spiro atoms. The molecule has 0 bridgehead atoms. The normalized spacial score (nSPS) is 16.7. The van der Waals surface area contributed by atoms with Gasteiger partial charge >= 0.3 is 0 Å². The molecule has 0 fully saturated rings. The Morgan fingerprint density at radius 3 is 2.00 bits per heavy atom. The first-order valence-electron chi connectivity index (χ1n) is 5.86. The van der Waals surface area contributed by atoms with E-state index < -0.39 is 12.2 Å². The Balaban J connectivity index is 4.04. The van der Waals surface area contributed by atoms with Crippen LogP contribution in [0.4, 0.5) is 0 Å². The van der Waals surface area contributed by atoms with E-state index in [4.69, 9.17) is 0 Å². The van der Waals surface area contributed by atoms with Crippen molar-refractivity contribution in [1.82, 2.24) is 0 Å². The highest BCUT2D eigenvalue weighted by molar-refractivity contribution is 5.10. The average molecular weight is 212 g/mol. The summed E-state index contributed by atoms with van der Waals surface area (Å²) in [5.74, 6) is 5.74. The minimum Gasteiger partial charge on any atom is -0.380 e. The highest BCUT2D eigenvalue weighted by Crippen LogP contribution is 2.11. The summed E-state index contributed by atoms with van der Waals surface area (Å²) < 4.78 is 0. The fourth-order valence-electron chi connectivity index (χ4n) is 1.16. The molecule has 0 aliphatic rings. The fourth-order valence-corrected chi connectivity index (χ4v) is 1.16. The van der Waals surface area contributed by atoms with Gasteiger partial charge in [-0.1, -0.05) is 52.4 Å². The molecule has 0 amide bonds. The van der Waals surface area contributed by atoms with Crippen LogP contribution in [-0.4, -0.2) is 22.4 Å². The molecule has 0 radical (unpaired) electrons. The zero-order valence-corrected chi connectivity index (χ0v) is 10.3. The minimum absolute atomic E-state index is 0.121. The molecular formula is C13H24O2. The molecule has 0 aromatic carbocycles. The highest BCUT2D eigenvalue weighted by atomic mass is 16.3. The lowest BCUT2D eigenvalue weighted by Gasteiger charge is -2.13. The topological polar surface area (TPSA) is 40.5 Å². The van der Waals surface area contributed by atoms with Gasteiger partial charge in [0.05, 0.1) is 0 Å². The third-order valence-electron chi connectivity index (χ3n) is 2.56. The third-order valence-corrected chi connectivity index (χ3v) is 2.56. The van der Waals surface area contributed by atoms with Gasteiger partial charge in [-0.3, -0.25) is 0 Å². The molecule has 0 aliphatic heterocycles. The first-order chi connectivity index (χ1) is 6.99. The van der Waals surface area contributed by atoms with Crippen LogP contribution in [0.1, 0.15) is 47.0 Å². The SMILES string of the molecule is CCCCC(C)C(O)C#CC(O)C(C)C. The van der Waals surface area contributed by atoms with Gasteiger partial charge < -0.3 is 10.2 Å². The van der Waals surface area contributed by atoms with Crippen LogP contribution in [0.15, 0.2) is 0 Å². The van der Waals surface area contributed by atoms with Crippen LogP contribution in [0.25, 0.3) is 0 Å². The van der Waals surface area contributed by atoms with Gasteiger partial charge in [0, 0.05) is 0 Å². The van der Waals surface area contributed by atoms with Crippen molar-refractivity contribution >= 4 is 0 Å². The van der Waals surface area contributed by atoms with Crippen LogP contribution in [0.5, 0.6) is 0 Å². The molecule has 0 saturated carbocycles. The molecule has 3 atom stereocenters. The summed E-state index contributed by atoms with van der Waals surface area (Å²) in [6.07, 6.45) is 2.01. The van der Waals surface area contributed by atoms with Crippen molar-refractivity contribution in [3.8, 4) is 11.8 Å². The van der Waals surface area contributed by atoms with Gasteiger partial charge in [0.25, 0.3) is 0 Å². The standard InChI is InChI=1S/C13H24O2/c1-5-6-7-11(4)13(15)9-8-12(14)10(2)3/h10-15H,5-7H2,1-4H3. The van der Waals surface area contributed by atoms with Gasteiger partial charge in [-0.15, -0.1) is 0 Å². The van der Waals surface area contributed by atoms with Gasteiger partial charge in [0.2, 0.25) is 0 Å². The molecule has 0 heterocycles. The Morgan fingerprint density at radius 1 is 1.00 bits per heavy atom. The number of aliphatic hydroxyl groups excluding tert-OH is 2. The molecule has 0 rings (SSSR count). The zero-order chi connectivity index (χ0) is 11.8. The Labute approximate surface area is 93.7 Å². The van der Waals surface area contributed by atoms with Crippen molar-refractivity contribution in [3.05, 3.63) is 0 Å². The third kappa shape index (κ3) is 6.54. The lowest BCUT2D eigenvalue weighted by atomic mass is 9.98. The Morgan fingerprint density at radius 2 is 1.53 bits per heavy atom. The van der Waals surface area contributed by atoms with E-state index in [-0.39, 0.29) is 11.8 Å². The van der Waals surface area contributed by atoms with Gasteiger partial charge in [-0.25, -0.2) is 0 Å². The molecular weight excluding hydrogens is 188 g/mol. The number of rotatable bonds is 5. The van der Waals surface area contributed by atoms with Crippen LogP contribution < -0.4 is 0 Å². The second-order valence-corrected chi connectivity index (χ2v) is 4.54. The van der Waals surface area contributed by atoms with Gasteiger partial charge in [0.1, 0.15) is 12.2 Å². The molecule has 2 N–H and O–H groups in total. The number of unbranched alkanes of at least 4 members (excludes halogenated alkanes) is 1. The number of aliphatic hydroxyl groups is 2. The van der Waals surface area contributed by atoms with E-state index in [1.54, 1.807) is 0 Å². The average Bonchev–Trinajstić information content (AvgIpc) is 2.21. The summed E-state index contributed by atoms with van der Waals surface area (Å²) in [4.78, 5) is 0. The lowest BCUT2D eigenvalue weighted by molar-refractivity contribution is 0.159. The van der Waals surface area contributed by atoms with Gasteiger partial charge in [-0.05, 0) is 18.3 Å². The van der Waals surface area contributed by atoms with Crippen molar-refractivity contribution in [3.63, 3.8) is 0 Å². The predicted octanol–water partition coefficient (Wildman–Crippen LogP) is 2.19. The van der Waals surface area contributed by atoms with Crippen molar-refractivity contribution < 1.29 is 10.2 Å². The van der Waals surface area contributed by atoms with Crippen LogP contribution >= 0.6 is 0 Å². The van der Waals surface area contributed by atoms with Crippen LogP contribution in [-0.2, 0) is 0 Å². The maximum absolute atomic E-state index is 9.69. The van der Waals surface area contributed by atoms with Crippen LogP contribution in [0, 0.1) is 23.7 Å². The molecule has 0 aromatic heterocycles. The van der Waals surface area contributed by atoms with Crippen LogP contribution in [0.3, 0.4) is 0 Å². The first kappa shape index (κ1) is 14.5. The molecule has 15 heavy (non-hydrogen) atoms. The molecule has 0 saturated heterocycles. The molecule has 0 aromatic rings. The summed E-state index contributed by atoms with van der Waals surface area (Å²) in [6, 6.07) is 0. The summed E-state index contributed by atoms with van der Waals surface area (Å²) in [6.45, 7) is 7.95. The Kier molecular flexibility index (Phi) is 7.46. The van der Waals surface area contributed by atoms with Gasteiger partial charge in [0.15, 0.2) is 0 Å². The van der Waals surface area contributed by atoms with Crippen molar-refractivity contribution in [2.75, 3.05) is 0 Å². The lowest BCUT2D eigenvalue weighted by Crippen LogP contribution is -2.17. The van der Waals surface area contributed by atoms with E-state index in [2.05, 4.69) is 18.8 Å². The van der Waals surface area contributed by atoms with Gasteiger partial charge in [-0.2, -0.15) is 0 Å². The van der Waals surface area contributed by atoms with E-state index in [0.29, 0.717) is 0 Å². The summed E-state index contributed by atoms with van der Waals surface area (Å²) in [5, 5.41) is 19.1. The zero-order valence-electron chi connectivity index (χ0n) is 10.3. The van der Waals surface area contributed by atoms with Crippen molar-refractivity contribution in [1.29, 1.82) is 0 Å². The van der Waals surface area contributed by atoms with Crippen LogP contribution in [0.2, 0.25) is 0 Å². The summed E-state index contributed by atoms with van der Waals surface area (Å²) in [7, 11) is 0. The predicted molar refractivity (Wildman–Crippen MR) is 63.3 cm³/mol. The molecule has 2 heteroatoms. The summed E-state index contributed by atoms with van der Waals surface area (Å²) >= 11 is 0. The molecule has 0 aliphatic carbocycles. The van der Waals surface area contributed by atoms with E-state index >= 15 is 0 Å². The largest absolute Gasteiger partial charge is 0.380 e. The number of hydrogen-bond acceptors (Lipinski definition) is 2. The highest BCUT2D eigenvalue weighted by Gasteiger charge is 2.11. The first-order valence-corrected chi connectivity index (χ1v) is 5.86. The number of hydrogen-bond donors (Lipinski definition) is 2. The second kappa shape index (κ2) is 7.73. The van der Waals surface area contributed by atoms with E-state index in [9.17, 15) is 10.2 Å².